The monoisotopic (exact) mass is 291 g/mol. The lowest BCUT2D eigenvalue weighted by atomic mass is 9.87. The normalized spacial score (nSPS) is 15.4. The number of allylic oxidation sites excluding steroid dienone is 2. The summed E-state index contributed by atoms with van der Waals surface area (Å²) in [6, 6.07) is 0. The molecule has 0 aromatic rings. The Balaban J connectivity index is 3.01. The molecular formula is C16H21NO4. The molecule has 0 atom stereocenters. The third-order valence-corrected chi connectivity index (χ3v) is 3.15. The molecule has 0 amide bonds. The Bertz CT molecular complexity index is 482. The van der Waals surface area contributed by atoms with Gasteiger partial charge in [-0.05, 0) is 13.8 Å². The van der Waals surface area contributed by atoms with Crippen molar-refractivity contribution in [3.8, 4) is 0 Å². The first-order valence-electron chi connectivity index (χ1n) is 6.68. The molecule has 5 nitrogen and oxygen atoms in total. The van der Waals surface area contributed by atoms with E-state index in [-0.39, 0.29) is 13.2 Å². The molecule has 1 aliphatic heterocycles. The number of rotatable bonds is 6. The summed E-state index contributed by atoms with van der Waals surface area (Å²) in [5.41, 5.74) is 2.20. The van der Waals surface area contributed by atoms with Crippen molar-refractivity contribution in [1.29, 1.82) is 0 Å². The molecule has 5 heteroatoms. The summed E-state index contributed by atoms with van der Waals surface area (Å²) in [4.78, 5) is 24.2. The second-order valence-electron chi connectivity index (χ2n) is 4.70. The first-order valence-corrected chi connectivity index (χ1v) is 6.68. The van der Waals surface area contributed by atoms with Crippen LogP contribution in [0, 0.1) is 5.92 Å². The number of ether oxygens (including phenoxy) is 2. The van der Waals surface area contributed by atoms with Gasteiger partial charge >= 0.3 is 11.9 Å². The predicted octanol–water partition coefficient (Wildman–Crippen LogP) is 2.23. The van der Waals surface area contributed by atoms with Gasteiger partial charge in [-0.25, -0.2) is 9.59 Å². The number of dihydropyridines is 1. The molecule has 0 unspecified atom stereocenters. The van der Waals surface area contributed by atoms with E-state index in [0.717, 1.165) is 0 Å². The summed E-state index contributed by atoms with van der Waals surface area (Å²) < 4.78 is 10.1. The molecule has 1 N–H and O–H groups in total. The Morgan fingerprint density at radius 2 is 1.43 bits per heavy atom. The molecule has 0 saturated heterocycles. The highest BCUT2D eigenvalue weighted by molar-refractivity contribution is 5.97. The number of esters is 2. The minimum Gasteiger partial charge on any atom is -0.458 e. The third kappa shape index (κ3) is 3.84. The second kappa shape index (κ2) is 7.47. The molecule has 0 fully saturated rings. The summed E-state index contributed by atoms with van der Waals surface area (Å²) in [5.74, 6) is -1.33. The molecule has 0 bridgehead atoms. The van der Waals surface area contributed by atoms with Crippen molar-refractivity contribution in [3.05, 3.63) is 47.9 Å². The van der Waals surface area contributed by atoms with Crippen LogP contribution in [0.3, 0.4) is 0 Å². The van der Waals surface area contributed by atoms with Gasteiger partial charge in [-0.15, -0.1) is 0 Å². The van der Waals surface area contributed by atoms with Crippen molar-refractivity contribution in [1.82, 2.24) is 5.32 Å². The second-order valence-corrected chi connectivity index (χ2v) is 4.70. The third-order valence-electron chi connectivity index (χ3n) is 3.15. The number of hydrogen-bond donors (Lipinski definition) is 1. The first kappa shape index (κ1) is 16.8. The van der Waals surface area contributed by atoms with Gasteiger partial charge in [0.15, 0.2) is 0 Å². The highest BCUT2D eigenvalue weighted by Crippen LogP contribution is 2.30. The molecule has 114 valence electrons. The molecule has 1 aliphatic rings. The predicted molar refractivity (Wildman–Crippen MR) is 80.0 cm³/mol. The van der Waals surface area contributed by atoms with Crippen molar-refractivity contribution in [2.75, 3.05) is 13.2 Å². The lowest BCUT2D eigenvalue weighted by molar-refractivity contribution is -0.139. The van der Waals surface area contributed by atoms with E-state index in [0.29, 0.717) is 22.5 Å². The lowest BCUT2D eigenvalue weighted by Gasteiger charge is -2.27. The zero-order valence-corrected chi connectivity index (χ0v) is 12.7. The summed E-state index contributed by atoms with van der Waals surface area (Å²) in [6.45, 7) is 12.6. The van der Waals surface area contributed by atoms with Crippen LogP contribution < -0.4 is 5.32 Å². The SMILES string of the molecule is C=CCOC(=O)C1=C(C)NC(C)=C(C(=O)OCC=C)C1C. The Morgan fingerprint density at radius 1 is 1.05 bits per heavy atom. The molecule has 0 radical (unpaired) electrons. The maximum Gasteiger partial charge on any atom is 0.336 e. The van der Waals surface area contributed by atoms with Gasteiger partial charge in [-0.3, -0.25) is 0 Å². The van der Waals surface area contributed by atoms with Gasteiger partial charge < -0.3 is 14.8 Å². The van der Waals surface area contributed by atoms with E-state index in [2.05, 4.69) is 18.5 Å². The molecule has 1 heterocycles. The number of nitrogens with one attached hydrogen (secondary N) is 1. The van der Waals surface area contributed by atoms with Crippen LogP contribution in [-0.2, 0) is 19.1 Å². The van der Waals surface area contributed by atoms with Gasteiger partial charge in [0.05, 0.1) is 11.1 Å². The van der Waals surface area contributed by atoms with Gasteiger partial charge in [0.1, 0.15) is 13.2 Å². The van der Waals surface area contributed by atoms with Crippen LogP contribution in [0.4, 0.5) is 0 Å². The summed E-state index contributed by atoms with van der Waals surface area (Å²) in [6.07, 6.45) is 2.99. The number of carbonyl (C=O) groups is 2. The molecule has 0 aliphatic carbocycles. The number of hydrogen-bond acceptors (Lipinski definition) is 5. The molecule has 1 rings (SSSR count). The van der Waals surface area contributed by atoms with E-state index in [1.165, 1.54) is 12.2 Å². The van der Waals surface area contributed by atoms with Crippen molar-refractivity contribution in [2.45, 2.75) is 20.8 Å². The van der Waals surface area contributed by atoms with Gasteiger partial charge in [-0.1, -0.05) is 32.2 Å². The van der Waals surface area contributed by atoms with Crippen LogP contribution in [0.2, 0.25) is 0 Å². The Kier molecular flexibility index (Phi) is 5.96. The Hall–Kier alpha value is -2.30. The molecule has 0 spiro atoms. The van der Waals surface area contributed by atoms with Crippen LogP contribution in [0.25, 0.3) is 0 Å². The minimum absolute atomic E-state index is 0.126. The minimum atomic E-state index is -0.464. The van der Waals surface area contributed by atoms with Crippen LogP contribution in [0.5, 0.6) is 0 Å². The van der Waals surface area contributed by atoms with Crippen molar-refractivity contribution in [2.24, 2.45) is 5.92 Å². The summed E-state index contributed by atoms with van der Waals surface area (Å²) in [5, 5.41) is 3.03. The highest BCUT2D eigenvalue weighted by Gasteiger charge is 2.33. The fourth-order valence-corrected chi connectivity index (χ4v) is 2.29. The Morgan fingerprint density at radius 3 is 1.76 bits per heavy atom. The molecule has 0 aromatic heterocycles. The lowest BCUT2D eigenvalue weighted by Crippen LogP contribution is -2.32. The van der Waals surface area contributed by atoms with E-state index >= 15 is 0 Å². The van der Waals surface area contributed by atoms with Crippen LogP contribution in [0.15, 0.2) is 47.9 Å². The van der Waals surface area contributed by atoms with E-state index < -0.39 is 17.9 Å². The van der Waals surface area contributed by atoms with Crippen LogP contribution >= 0.6 is 0 Å². The van der Waals surface area contributed by atoms with E-state index in [4.69, 9.17) is 9.47 Å². The fourth-order valence-electron chi connectivity index (χ4n) is 2.29. The molecule has 0 saturated carbocycles. The smallest absolute Gasteiger partial charge is 0.336 e. The van der Waals surface area contributed by atoms with Gasteiger partial charge in [0, 0.05) is 17.3 Å². The topological polar surface area (TPSA) is 64.6 Å². The maximum atomic E-state index is 12.1. The maximum absolute atomic E-state index is 12.1. The molecule has 21 heavy (non-hydrogen) atoms. The molecule has 0 aromatic carbocycles. The standard InChI is InChI=1S/C16H21NO4/c1-6-8-20-15(18)13-10(3)14(12(5)17-11(13)4)16(19)21-9-7-2/h6-7,10,17H,1-2,8-9H2,3-5H3. The number of carbonyl (C=O) groups excluding carboxylic acids is 2. The Labute approximate surface area is 125 Å². The van der Waals surface area contributed by atoms with Gasteiger partial charge in [0.25, 0.3) is 0 Å². The average Bonchev–Trinajstić information content (AvgIpc) is 2.42. The zero-order valence-electron chi connectivity index (χ0n) is 12.7. The van der Waals surface area contributed by atoms with Crippen LogP contribution in [0.1, 0.15) is 20.8 Å². The largest absolute Gasteiger partial charge is 0.458 e. The van der Waals surface area contributed by atoms with E-state index in [1.54, 1.807) is 20.8 Å². The van der Waals surface area contributed by atoms with Crippen molar-refractivity contribution >= 4 is 11.9 Å². The van der Waals surface area contributed by atoms with Gasteiger partial charge in [-0.2, -0.15) is 0 Å². The van der Waals surface area contributed by atoms with Gasteiger partial charge in [0.2, 0.25) is 0 Å². The van der Waals surface area contributed by atoms with E-state index in [1.807, 2.05) is 0 Å². The first-order chi connectivity index (χ1) is 9.93. The fraction of sp³-hybridized carbons (Fsp3) is 0.375. The quantitative estimate of drug-likeness (QED) is 0.600. The summed E-state index contributed by atoms with van der Waals surface area (Å²) in [7, 11) is 0. The highest BCUT2D eigenvalue weighted by atomic mass is 16.5. The van der Waals surface area contributed by atoms with Crippen molar-refractivity contribution < 1.29 is 19.1 Å². The van der Waals surface area contributed by atoms with E-state index in [9.17, 15) is 9.59 Å². The average molecular weight is 291 g/mol. The molecular weight excluding hydrogens is 270 g/mol. The van der Waals surface area contributed by atoms with Crippen LogP contribution in [-0.4, -0.2) is 25.2 Å². The zero-order chi connectivity index (χ0) is 16.0. The van der Waals surface area contributed by atoms with Crippen molar-refractivity contribution in [3.63, 3.8) is 0 Å². The summed E-state index contributed by atoms with van der Waals surface area (Å²) >= 11 is 0.